The molecular weight excluding hydrogens is 436 g/mol. The summed E-state index contributed by atoms with van der Waals surface area (Å²) in [6.07, 6.45) is 13.9. The molecule has 0 N–H and O–H groups in total. The third-order valence-electron chi connectivity index (χ3n) is 7.09. The number of rotatable bonds is 22. The van der Waals surface area contributed by atoms with Crippen LogP contribution in [0.5, 0.6) is 0 Å². The molecule has 2 unspecified atom stereocenters. The number of ether oxygens (including phenoxy) is 2. The summed E-state index contributed by atoms with van der Waals surface area (Å²) in [4.78, 5) is 24.7. The van der Waals surface area contributed by atoms with Crippen LogP contribution >= 0.6 is 0 Å². The highest BCUT2D eigenvalue weighted by Crippen LogP contribution is 2.33. The molecule has 0 saturated carbocycles. The summed E-state index contributed by atoms with van der Waals surface area (Å²) in [5, 5.41) is 0. The van der Waals surface area contributed by atoms with Crippen LogP contribution in [-0.4, -0.2) is 25.2 Å². The molecule has 4 heteroatoms. The molecule has 4 nitrogen and oxygen atoms in total. The lowest BCUT2D eigenvalue weighted by atomic mass is 9.74. The summed E-state index contributed by atoms with van der Waals surface area (Å²) < 4.78 is 11.0. The molecule has 0 aliphatic rings. The molecular formula is C31H60O4. The Labute approximate surface area is 218 Å². The van der Waals surface area contributed by atoms with Crippen molar-refractivity contribution in [1.29, 1.82) is 0 Å². The van der Waals surface area contributed by atoms with Crippen molar-refractivity contribution in [2.24, 2.45) is 35.5 Å². The lowest BCUT2D eigenvalue weighted by Crippen LogP contribution is -2.33. The molecule has 0 radical (unpaired) electrons. The van der Waals surface area contributed by atoms with Crippen LogP contribution in [0.15, 0.2) is 0 Å². The molecule has 0 heterocycles. The third-order valence-corrected chi connectivity index (χ3v) is 7.09. The number of carbonyl (C=O) groups is 2. The maximum absolute atomic E-state index is 12.9. The highest BCUT2D eigenvalue weighted by molar-refractivity contribution is 5.73. The molecule has 0 aromatic rings. The van der Waals surface area contributed by atoms with E-state index in [1.807, 2.05) is 0 Å². The van der Waals surface area contributed by atoms with Gasteiger partial charge in [0.05, 0.1) is 19.1 Å². The quantitative estimate of drug-likeness (QED) is 0.111. The normalized spacial score (nSPS) is 13.6. The van der Waals surface area contributed by atoms with E-state index in [9.17, 15) is 9.59 Å². The van der Waals surface area contributed by atoms with Crippen molar-refractivity contribution in [3.05, 3.63) is 0 Å². The lowest BCUT2D eigenvalue weighted by molar-refractivity contribution is -0.153. The van der Waals surface area contributed by atoms with E-state index in [0.717, 1.165) is 44.9 Å². The average molecular weight is 497 g/mol. The first-order valence-electron chi connectivity index (χ1n) is 14.9. The van der Waals surface area contributed by atoms with Crippen LogP contribution < -0.4 is 0 Å². The topological polar surface area (TPSA) is 52.6 Å². The first-order chi connectivity index (χ1) is 16.6. The van der Waals surface area contributed by atoms with E-state index >= 15 is 0 Å². The summed E-state index contributed by atoms with van der Waals surface area (Å²) in [6, 6.07) is 0. The van der Waals surface area contributed by atoms with Gasteiger partial charge in [-0.1, -0.05) is 93.9 Å². The second-order valence-electron chi connectivity index (χ2n) is 12.2. The van der Waals surface area contributed by atoms with Crippen LogP contribution in [0.3, 0.4) is 0 Å². The summed E-state index contributed by atoms with van der Waals surface area (Å²) >= 11 is 0. The number of hydrogen-bond donors (Lipinski definition) is 0. The summed E-state index contributed by atoms with van der Waals surface area (Å²) in [5.41, 5.74) is 0. The molecule has 0 amide bonds. The first kappa shape index (κ1) is 33.9. The summed E-state index contributed by atoms with van der Waals surface area (Å²) in [6.45, 7) is 18.8. The van der Waals surface area contributed by atoms with Gasteiger partial charge in [0.2, 0.25) is 0 Å². The van der Waals surface area contributed by atoms with Gasteiger partial charge in [-0.2, -0.15) is 0 Å². The molecule has 0 aliphatic heterocycles. The van der Waals surface area contributed by atoms with Gasteiger partial charge >= 0.3 is 11.9 Å². The van der Waals surface area contributed by atoms with Crippen molar-refractivity contribution in [2.45, 2.75) is 139 Å². The minimum Gasteiger partial charge on any atom is -0.466 e. The fourth-order valence-corrected chi connectivity index (χ4v) is 4.91. The van der Waals surface area contributed by atoms with Crippen LogP contribution in [0.25, 0.3) is 0 Å². The fraction of sp³-hybridized carbons (Fsp3) is 0.935. The van der Waals surface area contributed by atoms with Gasteiger partial charge in [0.1, 0.15) is 0 Å². The van der Waals surface area contributed by atoms with Gasteiger partial charge in [-0.05, 0) is 68.1 Å². The Hall–Kier alpha value is -1.06. The van der Waals surface area contributed by atoms with Crippen molar-refractivity contribution in [1.82, 2.24) is 0 Å². The van der Waals surface area contributed by atoms with Gasteiger partial charge in [0.25, 0.3) is 0 Å². The standard InChI is InChI=1S/C31H60O4/c1-24(2)18-16-22-34-29(32)21-15-13-11-9-10-12-14-20-28(26(5)6)30(27(7)8)31(33)35-23-17-19-25(3)4/h24-28,30H,9-23H2,1-8H3. The maximum Gasteiger partial charge on any atom is 0.309 e. The molecule has 0 rings (SSSR count). The number of unbranched alkanes of at least 4 members (excludes halogenated alkanes) is 6. The van der Waals surface area contributed by atoms with Crippen LogP contribution in [-0.2, 0) is 19.1 Å². The molecule has 0 saturated heterocycles. The van der Waals surface area contributed by atoms with Crippen LogP contribution in [0, 0.1) is 35.5 Å². The van der Waals surface area contributed by atoms with Gasteiger partial charge in [-0.25, -0.2) is 0 Å². The van der Waals surface area contributed by atoms with Crippen molar-refractivity contribution < 1.29 is 19.1 Å². The van der Waals surface area contributed by atoms with E-state index < -0.39 is 0 Å². The molecule has 35 heavy (non-hydrogen) atoms. The second-order valence-corrected chi connectivity index (χ2v) is 12.2. The van der Waals surface area contributed by atoms with Crippen molar-refractivity contribution >= 4 is 11.9 Å². The van der Waals surface area contributed by atoms with Gasteiger partial charge < -0.3 is 9.47 Å². The summed E-state index contributed by atoms with van der Waals surface area (Å²) in [5.74, 6) is 2.48. The monoisotopic (exact) mass is 496 g/mol. The molecule has 0 bridgehead atoms. The number of carbonyl (C=O) groups excluding carboxylic acids is 2. The van der Waals surface area contributed by atoms with Crippen LogP contribution in [0.4, 0.5) is 0 Å². The Morgan fingerprint density at radius 3 is 1.51 bits per heavy atom. The lowest BCUT2D eigenvalue weighted by Gasteiger charge is -2.31. The molecule has 0 aliphatic carbocycles. The van der Waals surface area contributed by atoms with Gasteiger partial charge in [0.15, 0.2) is 0 Å². The van der Waals surface area contributed by atoms with E-state index in [-0.39, 0.29) is 17.9 Å². The molecule has 0 fully saturated rings. The first-order valence-corrected chi connectivity index (χ1v) is 14.9. The smallest absolute Gasteiger partial charge is 0.309 e. The van der Waals surface area contributed by atoms with E-state index in [1.54, 1.807) is 0 Å². The predicted molar refractivity (Wildman–Crippen MR) is 148 cm³/mol. The third kappa shape index (κ3) is 18.8. The van der Waals surface area contributed by atoms with E-state index in [4.69, 9.17) is 9.47 Å². The minimum absolute atomic E-state index is 0.000760. The molecule has 208 valence electrons. The van der Waals surface area contributed by atoms with E-state index in [0.29, 0.717) is 49.2 Å². The zero-order valence-electron chi connectivity index (χ0n) is 24.7. The Balaban J connectivity index is 4.08. The highest BCUT2D eigenvalue weighted by Gasteiger charge is 2.33. The van der Waals surface area contributed by atoms with Crippen molar-refractivity contribution in [3.63, 3.8) is 0 Å². The highest BCUT2D eigenvalue weighted by atomic mass is 16.5. The predicted octanol–water partition coefficient (Wildman–Crippen LogP) is 9.00. The van der Waals surface area contributed by atoms with Crippen molar-refractivity contribution in [2.75, 3.05) is 13.2 Å². The SMILES string of the molecule is CC(C)CCCOC(=O)CCCCCCCCCC(C(C)C)C(C(=O)OCCCC(C)C)C(C)C. The van der Waals surface area contributed by atoms with Gasteiger partial charge in [-0.15, -0.1) is 0 Å². The van der Waals surface area contributed by atoms with E-state index in [1.165, 1.54) is 32.1 Å². The van der Waals surface area contributed by atoms with Crippen molar-refractivity contribution in [3.8, 4) is 0 Å². The Morgan fingerprint density at radius 2 is 1.03 bits per heavy atom. The Kier molecular flexibility index (Phi) is 20.4. The Bertz CT molecular complexity index is 524. The van der Waals surface area contributed by atoms with Gasteiger partial charge in [0, 0.05) is 6.42 Å². The van der Waals surface area contributed by atoms with Crippen LogP contribution in [0.2, 0.25) is 0 Å². The van der Waals surface area contributed by atoms with E-state index in [2.05, 4.69) is 55.4 Å². The zero-order chi connectivity index (χ0) is 26.6. The molecule has 0 aromatic carbocycles. The largest absolute Gasteiger partial charge is 0.466 e. The molecule has 0 aromatic heterocycles. The minimum atomic E-state index is -0.0355. The second kappa shape index (κ2) is 21.1. The summed E-state index contributed by atoms with van der Waals surface area (Å²) in [7, 11) is 0. The van der Waals surface area contributed by atoms with Crippen LogP contribution in [0.1, 0.15) is 139 Å². The fourth-order valence-electron chi connectivity index (χ4n) is 4.91. The number of esters is 2. The molecule has 2 atom stereocenters. The maximum atomic E-state index is 12.9. The Morgan fingerprint density at radius 1 is 0.543 bits per heavy atom. The zero-order valence-corrected chi connectivity index (χ0v) is 24.7. The molecule has 0 spiro atoms. The number of hydrogen-bond acceptors (Lipinski definition) is 4. The average Bonchev–Trinajstić information content (AvgIpc) is 2.76. The van der Waals surface area contributed by atoms with Gasteiger partial charge in [-0.3, -0.25) is 9.59 Å².